The topological polar surface area (TPSA) is 140 Å². The van der Waals surface area contributed by atoms with Crippen molar-refractivity contribution in [2.75, 3.05) is 20.0 Å². The maximum absolute atomic E-state index is 12.3. The molecule has 0 radical (unpaired) electrons. The van der Waals surface area contributed by atoms with E-state index in [4.69, 9.17) is 14.7 Å². The minimum absolute atomic E-state index is 0.0426. The van der Waals surface area contributed by atoms with Crippen molar-refractivity contribution in [1.29, 1.82) is 0 Å². The number of nitrogens with zero attached hydrogens (tertiary/aromatic N) is 1. The van der Waals surface area contributed by atoms with Gasteiger partial charge >= 0.3 is 0 Å². The zero-order valence-electron chi connectivity index (χ0n) is 14.6. The van der Waals surface area contributed by atoms with E-state index in [-0.39, 0.29) is 31.1 Å². The van der Waals surface area contributed by atoms with Crippen molar-refractivity contribution >= 4 is 17.5 Å². The fraction of sp³-hybridized carbons (Fsp3) is 0.500. The molecule has 3 N–H and O–H groups in total. The van der Waals surface area contributed by atoms with E-state index in [2.05, 4.69) is 5.32 Å². The quantitative estimate of drug-likeness (QED) is 0.175. The summed E-state index contributed by atoms with van der Waals surface area (Å²) in [6, 6.07) is 4.63. The Morgan fingerprint density at radius 1 is 1.27 bits per heavy atom. The van der Waals surface area contributed by atoms with Crippen LogP contribution in [0.5, 0.6) is 0 Å². The number of nitro benzene ring substituents is 1. The fourth-order valence-electron chi connectivity index (χ4n) is 2.15. The molecule has 0 aromatic heterocycles. The molecule has 0 saturated carbocycles. The second-order valence-electron chi connectivity index (χ2n) is 5.57. The predicted molar refractivity (Wildman–Crippen MR) is 90.5 cm³/mol. The van der Waals surface area contributed by atoms with Crippen LogP contribution in [0.15, 0.2) is 24.3 Å². The molecule has 2 amide bonds. The zero-order valence-corrected chi connectivity index (χ0v) is 14.6. The molecule has 1 aromatic carbocycles. The first-order valence-corrected chi connectivity index (χ1v) is 8.03. The first kappa shape index (κ1) is 21.5. The second-order valence-corrected chi connectivity index (χ2v) is 5.57. The summed E-state index contributed by atoms with van der Waals surface area (Å²) in [5.41, 5.74) is 1.69. The Kier molecular flexibility index (Phi) is 9.20. The van der Waals surface area contributed by atoms with E-state index in [0.29, 0.717) is 6.61 Å². The van der Waals surface area contributed by atoms with Crippen molar-refractivity contribution in [3.63, 3.8) is 0 Å². The number of rotatable bonds is 11. The smallest absolute Gasteiger partial charge is 0.269 e. The molecule has 2 atom stereocenters. The normalized spacial score (nSPS) is 12.9. The van der Waals surface area contributed by atoms with Crippen LogP contribution >= 0.6 is 0 Å². The van der Waals surface area contributed by atoms with E-state index in [0.717, 1.165) is 0 Å². The average Bonchev–Trinajstić information content (AvgIpc) is 2.64. The van der Waals surface area contributed by atoms with Crippen molar-refractivity contribution in [3.8, 4) is 0 Å². The predicted octanol–water partition coefficient (Wildman–Crippen LogP) is 1.24. The maximum Gasteiger partial charge on any atom is 0.269 e. The molecule has 0 bridgehead atoms. The molecule has 0 spiro atoms. The van der Waals surface area contributed by atoms with Gasteiger partial charge in [0, 0.05) is 30.2 Å². The molecular formula is C16H23N3O7. The van der Waals surface area contributed by atoms with Gasteiger partial charge < -0.3 is 14.8 Å². The maximum atomic E-state index is 12.3. The Balaban J connectivity index is 2.73. The second kappa shape index (κ2) is 11.1. The third-order valence-electron chi connectivity index (χ3n) is 3.56. The molecule has 0 aliphatic carbocycles. The van der Waals surface area contributed by atoms with Crippen LogP contribution in [0, 0.1) is 16.0 Å². The number of non-ortho nitro benzene ring substituents is 1. The van der Waals surface area contributed by atoms with E-state index in [1.807, 2.05) is 6.92 Å². The van der Waals surface area contributed by atoms with E-state index in [1.54, 1.807) is 12.4 Å². The molecule has 10 heteroatoms. The highest BCUT2D eigenvalue weighted by Gasteiger charge is 2.21. The number of benzene rings is 1. The summed E-state index contributed by atoms with van der Waals surface area (Å²) in [7, 11) is 0. The summed E-state index contributed by atoms with van der Waals surface area (Å²) in [5, 5.41) is 22.1. The third kappa shape index (κ3) is 7.13. The van der Waals surface area contributed by atoms with Crippen LogP contribution in [0.3, 0.4) is 0 Å². The molecule has 26 heavy (non-hydrogen) atoms. The van der Waals surface area contributed by atoms with Gasteiger partial charge in [0.1, 0.15) is 6.79 Å². The highest BCUT2D eigenvalue weighted by Crippen LogP contribution is 2.13. The van der Waals surface area contributed by atoms with Gasteiger partial charge in [-0.1, -0.05) is 6.92 Å². The van der Waals surface area contributed by atoms with Gasteiger partial charge in [0.25, 0.3) is 11.6 Å². The Hall–Kier alpha value is -2.56. The van der Waals surface area contributed by atoms with Crippen LogP contribution in [0.1, 0.15) is 30.6 Å². The van der Waals surface area contributed by atoms with Crippen LogP contribution in [0.4, 0.5) is 5.69 Å². The van der Waals surface area contributed by atoms with Crippen LogP contribution < -0.4 is 10.8 Å². The highest BCUT2D eigenvalue weighted by atomic mass is 16.7. The van der Waals surface area contributed by atoms with Crippen molar-refractivity contribution in [3.05, 3.63) is 39.9 Å². The van der Waals surface area contributed by atoms with Crippen molar-refractivity contribution in [1.82, 2.24) is 10.8 Å². The molecule has 0 heterocycles. The molecule has 144 valence electrons. The fourth-order valence-corrected chi connectivity index (χ4v) is 2.15. The summed E-state index contributed by atoms with van der Waals surface area (Å²) in [4.78, 5) is 33.9. The van der Waals surface area contributed by atoms with Gasteiger partial charge in [-0.25, -0.2) is 5.48 Å². The first-order valence-electron chi connectivity index (χ1n) is 8.03. The van der Waals surface area contributed by atoms with Gasteiger partial charge in [-0.15, -0.1) is 0 Å². The average molecular weight is 369 g/mol. The molecule has 10 nitrogen and oxygen atoms in total. The molecule has 0 aliphatic heterocycles. The minimum atomic E-state index is -0.579. The van der Waals surface area contributed by atoms with Gasteiger partial charge in [0.15, 0.2) is 0 Å². The Morgan fingerprint density at radius 3 is 2.46 bits per heavy atom. The number of hydrogen-bond acceptors (Lipinski definition) is 7. The summed E-state index contributed by atoms with van der Waals surface area (Å²) in [6.07, 6.45) is 0.219. The summed E-state index contributed by atoms with van der Waals surface area (Å²) in [5.74, 6) is -1.61. The van der Waals surface area contributed by atoms with Crippen LogP contribution in [0.25, 0.3) is 0 Å². The Labute approximate surface area is 150 Å². The number of hydrogen-bond donors (Lipinski definition) is 3. The van der Waals surface area contributed by atoms with Crippen LogP contribution in [0.2, 0.25) is 0 Å². The standard InChI is InChI=1S/C16H23N3O7/c1-3-25-10-26-9-13(8-11(2)15(20)18-22)17-16(21)12-4-6-14(7-5-12)19(23)24/h4-7,11,13,22H,3,8-10H2,1-2H3,(H,17,21)(H,18,20)/t11-,13-/m0/s1. The van der Waals surface area contributed by atoms with E-state index in [1.165, 1.54) is 24.3 Å². The van der Waals surface area contributed by atoms with Gasteiger partial charge in [0.05, 0.1) is 17.6 Å². The molecule has 1 aromatic rings. The lowest BCUT2D eigenvalue weighted by molar-refractivity contribution is -0.384. The zero-order chi connectivity index (χ0) is 19.5. The minimum Gasteiger partial charge on any atom is -0.356 e. The number of nitro groups is 1. The molecule has 0 saturated heterocycles. The Morgan fingerprint density at radius 2 is 1.92 bits per heavy atom. The van der Waals surface area contributed by atoms with Crippen LogP contribution in [-0.4, -0.2) is 48.0 Å². The van der Waals surface area contributed by atoms with Crippen molar-refractivity contribution in [2.45, 2.75) is 26.3 Å². The summed E-state index contributed by atoms with van der Waals surface area (Å²) in [6.45, 7) is 4.02. The SMILES string of the molecule is CCOCOC[C@H](C[C@H](C)C(=O)NO)NC(=O)c1ccc([N+](=O)[O-])cc1. The third-order valence-corrected chi connectivity index (χ3v) is 3.56. The van der Waals surface area contributed by atoms with Gasteiger partial charge in [-0.05, 0) is 25.5 Å². The lowest BCUT2D eigenvalue weighted by Gasteiger charge is -2.21. The monoisotopic (exact) mass is 369 g/mol. The van der Waals surface area contributed by atoms with Crippen molar-refractivity contribution < 1.29 is 29.2 Å². The number of nitrogens with one attached hydrogen (secondary N) is 2. The molecule has 1 rings (SSSR count). The number of ether oxygens (including phenoxy) is 2. The van der Waals surface area contributed by atoms with Crippen molar-refractivity contribution in [2.24, 2.45) is 5.92 Å². The van der Waals surface area contributed by atoms with Crippen LogP contribution in [-0.2, 0) is 14.3 Å². The number of amides is 2. The molecular weight excluding hydrogens is 346 g/mol. The highest BCUT2D eigenvalue weighted by molar-refractivity contribution is 5.94. The van der Waals surface area contributed by atoms with Gasteiger partial charge in [-0.2, -0.15) is 0 Å². The largest absolute Gasteiger partial charge is 0.356 e. The summed E-state index contributed by atoms with van der Waals surface area (Å²) < 4.78 is 10.4. The molecule has 0 unspecified atom stereocenters. The van der Waals surface area contributed by atoms with Gasteiger partial charge in [-0.3, -0.25) is 24.9 Å². The lowest BCUT2D eigenvalue weighted by atomic mass is 10.0. The number of carbonyl (C=O) groups is 2. The van der Waals surface area contributed by atoms with E-state index < -0.39 is 28.7 Å². The number of carbonyl (C=O) groups excluding carboxylic acids is 2. The molecule has 0 aliphatic rings. The van der Waals surface area contributed by atoms with Gasteiger partial charge in [0.2, 0.25) is 5.91 Å². The molecule has 0 fully saturated rings. The Bertz CT molecular complexity index is 606. The summed E-state index contributed by atoms with van der Waals surface area (Å²) >= 11 is 0. The van der Waals surface area contributed by atoms with E-state index in [9.17, 15) is 19.7 Å². The first-order chi connectivity index (χ1) is 12.4. The number of hydroxylamine groups is 1. The lowest BCUT2D eigenvalue weighted by Crippen LogP contribution is -2.41. The van der Waals surface area contributed by atoms with E-state index >= 15 is 0 Å².